The summed E-state index contributed by atoms with van der Waals surface area (Å²) in [6, 6.07) is -1.06. The molecule has 49 heavy (non-hydrogen) atoms. The largest absolute Gasteiger partial charge is 0 e. The molecule has 0 aliphatic carbocycles. The second-order valence-corrected chi connectivity index (χ2v) is 24.3. The smallest absolute Gasteiger partial charge is 0 e. The Hall–Kier alpha value is -1.70. The minimum absolute atomic E-state index is 0. The molecule has 0 heterocycles. The van der Waals surface area contributed by atoms with E-state index in [4.69, 9.17) is 37.0 Å². The molecule has 282 valence electrons. The van der Waals surface area contributed by atoms with Crippen LogP contribution in [0.3, 0.4) is 0 Å². The number of carbonyl (C=O) groups is 3. The van der Waals surface area contributed by atoms with Crippen molar-refractivity contribution in [1.82, 2.24) is 5.32 Å². The Morgan fingerprint density at radius 2 is 1.18 bits per heavy atom. The number of hydrogen-bond acceptors (Lipinski definition) is 8. The molecule has 0 fully saturated rings. The number of carbonyl (C=O) groups excluding carboxylic acids is 3. The van der Waals surface area contributed by atoms with Crippen molar-refractivity contribution in [3.8, 4) is 0 Å². The first kappa shape index (κ1) is 56.7. The molecule has 1 amide bonds. The van der Waals surface area contributed by atoms with E-state index in [1.54, 1.807) is 40.0 Å². The number of unbranched alkanes of at least 4 members (excludes halogenated alkanes) is 2. The van der Waals surface area contributed by atoms with Crippen molar-refractivity contribution in [1.29, 1.82) is 0 Å². The van der Waals surface area contributed by atoms with E-state index < -0.39 is 64.6 Å². The number of alkyl carbamates (subject to hydrolysis) is 1. The average molecular weight is 770 g/mol. The van der Waals surface area contributed by atoms with Crippen LogP contribution in [0.1, 0.15) is 83.1 Å². The number of hydrogen-bond donors (Lipinski definition) is 1. The van der Waals surface area contributed by atoms with Gasteiger partial charge in [-0.15, -0.1) is 0 Å². The fourth-order valence-corrected chi connectivity index (χ4v) is 5.66. The zero-order valence-corrected chi connectivity index (χ0v) is 35.3. The minimum atomic E-state index is -2.48. The summed E-state index contributed by atoms with van der Waals surface area (Å²) in [4.78, 5) is 38.1. The molecule has 0 bridgehead atoms. The van der Waals surface area contributed by atoms with E-state index in [0.29, 0.717) is 0 Å². The molecule has 0 aliphatic rings. The summed E-state index contributed by atoms with van der Waals surface area (Å²) >= 11 is 0. The molecule has 12 nitrogen and oxygen atoms in total. The van der Waals surface area contributed by atoms with Crippen LogP contribution in [0.15, 0.2) is 0 Å². The van der Waals surface area contributed by atoms with Gasteiger partial charge in [0.1, 0.15) is 23.9 Å². The molecule has 0 rings (SSSR count). The van der Waals surface area contributed by atoms with Crippen molar-refractivity contribution in [3.05, 3.63) is 45.6 Å². The Bertz CT molecular complexity index is 997. The zero-order chi connectivity index (χ0) is 39.3. The molecule has 0 aromatic carbocycles. The third kappa shape index (κ3) is 24.2. The van der Waals surface area contributed by atoms with Crippen molar-refractivity contribution in [2.45, 2.75) is 149 Å². The number of ether oxygens (including phenoxy) is 3. The van der Waals surface area contributed by atoms with Gasteiger partial charge in [-0.25, -0.2) is 4.79 Å². The van der Waals surface area contributed by atoms with Crippen LogP contribution in [0.2, 0.25) is 36.3 Å². The van der Waals surface area contributed by atoms with Gasteiger partial charge in [-0.1, -0.05) is 48.5 Å². The molecule has 15 heteroatoms. The predicted octanol–water partition coefficient (Wildman–Crippen LogP) is 6.88. The maximum absolute atomic E-state index is 13.2. The van der Waals surface area contributed by atoms with Crippen LogP contribution in [0.5, 0.6) is 0 Å². The first-order valence-electron chi connectivity index (χ1n) is 15.3. The van der Waals surface area contributed by atoms with Crippen LogP contribution in [0.25, 0.3) is 0 Å². The van der Waals surface area contributed by atoms with E-state index >= 15 is 0 Å². The van der Waals surface area contributed by atoms with E-state index in [0.717, 1.165) is 0 Å². The molecule has 0 aliphatic heterocycles. The summed E-state index contributed by atoms with van der Waals surface area (Å²) in [5.41, 5.74) is -0.800. The Morgan fingerprint density at radius 3 is 1.53 bits per heavy atom. The molecule has 4 radical (unpaired) electrons. The summed E-state index contributed by atoms with van der Waals surface area (Å²) in [5.74, 6) is -1.15. The minimum Gasteiger partial charge on any atom is 0 e. The zero-order valence-electron chi connectivity index (χ0n) is 32.2. The predicted molar refractivity (Wildman–Crippen MR) is 184 cm³/mol. The molecule has 0 aromatic heterocycles. The number of amides is 1. The van der Waals surface area contributed by atoms with Crippen LogP contribution in [-0.4, -0.2) is 71.2 Å². The fourth-order valence-electron chi connectivity index (χ4n) is 3.33. The summed E-state index contributed by atoms with van der Waals surface area (Å²) in [6.07, 6.45) is 3.27. The molecule has 0 saturated heterocycles. The van der Waals surface area contributed by atoms with Gasteiger partial charge in [-0.3, -0.25) is 9.59 Å². The molecular formula is C34H59FeNO11Si2. The Labute approximate surface area is 309 Å². The number of esters is 2. The monoisotopic (exact) mass is 769 g/mol. The fraction of sp³-hybridized carbons (Fsp3) is 0.706. The van der Waals surface area contributed by atoms with Gasteiger partial charge in [0.05, 0.1) is 6.61 Å². The molecule has 0 spiro atoms. The average Bonchev–Trinajstić information content (AvgIpc) is 2.93. The van der Waals surface area contributed by atoms with E-state index in [1.807, 2.05) is 13.3 Å². The van der Waals surface area contributed by atoms with Gasteiger partial charge >= 0.3 is 51.9 Å². The van der Waals surface area contributed by atoms with Gasteiger partial charge < -0.3 is 28.4 Å². The van der Waals surface area contributed by atoms with Gasteiger partial charge in [-0.05, 0) is 76.3 Å². The summed E-state index contributed by atoms with van der Waals surface area (Å²) in [5, 5.41) is 2.57. The molecule has 0 saturated carbocycles. The molecule has 1 N–H and O–H groups in total. The Kier molecular flexibility index (Phi) is 30.2. The van der Waals surface area contributed by atoms with Crippen LogP contribution in [0.4, 0.5) is 4.79 Å². The van der Waals surface area contributed by atoms with E-state index in [-0.39, 0.29) is 33.8 Å². The van der Waals surface area contributed by atoms with E-state index in [9.17, 15) is 14.4 Å². The van der Waals surface area contributed by atoms with Crippen LogP contribution >= 0.6 is 0 Å². The van der Waals surface area contributed by atoms with Gasteiger partial charge in [0, 0.05) is 37.3 Å². The third-order valence-corrected chi connectivity index (χ3v) is 16.6. The van der Waals surface area contributed by atoms with Crippen LogP contribution in [0, 0.1) is 45.6 Å². The maximum Gasteiger partial charge on any atom is 0 e. The Balaban J connectivity index is -0.000000868. The topological polar surface area (TPSA) is 169 Å². The van der Waals surface area contributed by atoms with Crippen molar-refractivity contribution >= 4 is 34.7 Å². The van der Waals surface area contributed by atoms with Crippen molar-refractivity contribution in [2.75, 3.05) is 6.61 Å². The summed E-state index contributed by atoms with van der Waals surface area (Å²) < 4.78 is 53.3. The standard InChI is InChI=1S/C31H59NO8Si2.3CO.Fe/c1-17-18-19-20-24(37-22(2)33)26(32-28(35)39-29(4,5)6)27(38-23(3)34)25(40-42(15,16)31(10,11)12)21-36-41(13,14)30(7,8)9;3*1-2;/h17-20,24-27H,21H2,1-16H3,(H,32,35);;;;/t24-,25+,26+,27+;;;;/m0..../s1. The van der Waals surface area contributed by atoms with Crippen LogP contribution in [-0.2, 0) is 63.7 Å². The second kappa shape index (κ2) is 26.1. The SMILES string of the molecule is C[CH][CH][CH][CH][C@H](OC(C)=O)[C@@H](NC(=O)OC(C)(C)C)[C@H](OC(C)=O)[C@@H](CO[Si](C)(C)C(C)(C)C)O[Si](C)(C)C(C)(C)C.[C-]#[O+].[C-]#[O+].[C-]#[O+].[Fe]. The first-order valence-corrected chi connectivity index (χ1v) is 21.1. The van der Waals surface area contributed by atoms with Crippen LogP contribution < -0.4 is 5.32 Å². The molecular weight excluding hydrogens is 710 g/mol. The molecule has 4 atom stereocenters. The second-order valence-electron chi connectivity index (χ2n) is 14.7. The quantitative estimate of drug-likeness (QED) is 0.0470. The van der Waals surface area contributed by atoms with Gasteiger partial charge in [0.15, 0.2) is 22.7 Å². The maximum atomic E-state index is 13.2. The van der Waals surface area contributed by atoms with Crippen molar-refractivity contribution < 1.29 is 68.5 Å². The van der Waals surface area contributed by atoms with E-state index in [2.05, 4.69) is 93.0 Å². The van der Waals surface area contributed by atoms with Crippen molar-refractivity contribution in [3.63, 3.8) is 0 Å². The normalized spacial score (nSPS) is 14.0. The van der Waals surface area contributed by atoms with E-state index in [1.165, 1.54) is 13.8 Å². The van der Waals surface area contributed by atoms with Gasteiger partial charge in [0.2, 0.25) is 0 Å². The number of nitrogens with one attached hydrogen (secondary N) is 1. The third-order valence-electron chi connectivity index (χ3n) is 7.63. The molecule has 0 unspecified atom stereocenters. The summed E-state index contributed by atoms with van der Waals surface area (Å²) in [7, 11) is -4.76. The van der Waals surface area contributed by atoms with Gasteiger partial charge in [-0.2, -0.15) is 0 Å². The summed E-state index contributed by atoms with van der Waals surface area (Å²) in [6.45, 7) is 44.5. The Morgan fingerprint density at radius 1 is 0.755 bits per heavy atom. The van der Waals surface area contributed by atoms with Crippen molar-refractivity contribution in [2.24, 2.45) is 0 Å². The van der Waals surface area contributed by atoms with Gasteiger partial charge in [0.25, 0.3) is 0 Å². The number of rotatable bonds is 15. The molecule has 0 aromatic rings. The first-order chi connectivity index (χ1) is 21.7.